The van der Waals surface area contributed by atoms with Crippen LogP contribution in [0.2, 0.25) is 0 Å². The third kappa shape index (κ3) is 5.45. The summed E-state index contributed by atoms with van der Waals surface area (Å²) >= 11 is 0. The molecule has 1 heterocycles. The van der Waals surface area contributed by atoms with Crippen LogP contribution in [0.4, 0.5) is 0 Å². The zero-order valence-corrected chi connectivity index (χ0v) is 17.5. The van der Waals surface area contributed by atoms with E-state index in [2.05, 4.69) is 63.7 Å². The van der Waals surface area contributed by atoms with Crippen molar-refractivity contribution >= 4 is 41.0 Å². The van der Waals surface area contributed by atoms with Crippen molar-refractivity contribution in [3.63, 3.8) is 0 Å². The predicted octanol–water partition coefficient (Wildman–Crippen LogP) is 4.04. The van der Waals surface area contributed by atoms with Gasteiger partial charge in [0.2, 0.25) is 0 Å². The summed E-state index contributed by atoms with van der Waals surface area (Å²) in [5, 5.41) is 6.76. The highest BCUT2D eigenvalue weighted by molar-refractivity contribution is 14.0. The van der Waals surface area contributed by atoms with Gasteiger partial charge in [-0.1, -0.05) is 42.5 Å². The Kier molecular flexibility index (Phi) is 7.90. The van der Waals surface area contributed by atoms with Gasteiger partial charge in [-0.25, -0.2) is 4.98 Å². The van der Waals surface area contributed by atoms with Crippen LogP contribution in [-0.4, -0.2) is 29.0 Å². The number of aromatic amines is 1. The van der Waals surface area contributed by atoms with Crippen molar-refractivity contribution in [1.82, 2.24) is 20.6 Å². The number of halogens is 1. The average molecular weight is 463 g/mol. The second kappa shape index (κ2) is 10.2. The maximum Gasteiger partial charge on any atom is 0.191 e. The maximum atomic E-state index is 4.68. The number of nitrogens with zero attached hydrogens (tertiary/aromatic N) is 2. The Bertz CT molecular complexity index is 795. The number of fused-ring (bicyclic) bond motifs is 1. The third-order valence-electron chi connectivity index (χ3n) is 4.05. The largest absolute Gasteiger partial charge is 0.357 e. The molecule has 2 aromatic carbocycles. The maximum absolute atomic E-state index is 4.68. The van der Waals surface area contributed by atoms with Gasteiger partial charge in [-0.3, -0.25) is 4.99 Å². The minimum atomic E-state index is 0. The van der Waals surface area contributed by atoms with E-state index in [0.29, 0.717) is 6.54 Å². The fourth-order valence-electron chi connectivity index (χ4n) is 2.75. The van der Waals surface area contributed by atoms with Crippen LogP contribution in [0, 0.1) is 0 Å². The van der Waals surface area contributed by atoms with E-state index in [-0.39, 0.29) is 30.0 Å². The summed E-state index contributed by atoms with van der Waals surface area (Å²) in [6.45, 7) is 5.72. The fraction of sp³-hybridized carbons (Fsp3) is 0.300. The predicted molar refractivity (Wildman–Crippen MR) is 119 cm³/mol. The first kappa shape index (κ1) is 20.2. The molecule has 1 aromatic heterocycles. The Hall–Kier alpha value is -2.09. The molecule has 0 spiro atoms. The molecule has 0 amide bonds. The number of aliphatic imine (C=N–C) groups is 1. The number of H-pyrrole nitrogens is 1. The fourth-order valence-corrected chi connectivity index (χ4v) is 2.75. The van der Waals surface area contributed by atoms with Crippen molar-refractivity contribution in [3.05, 3.63) is 66.0 Å². The molecule has 0 aliphatic rings. The van der Waals surface area contributed by atoms with Crippen molar-refractivity contribution in [3.8, 4) is 0 Å². The lowest BCUT2D eigenvalue weighted by molar-refractivity contribution is 0.685. The Labute approximate surface area is 171 Å². The number of nitrogens with one attached hydrogen (secondary N) is 3. The molecule has 26 heavy (non-hydrogen) atoms. The summed E-state index contributed by atoms with van der Waals surface area (Å²) in [7, 11) is 0. The molecule has 3 N–H and O–H groups in total. The monoisotopic (exact) mass is 463 g/mol. The van der Waals surface area contributed by atoms with Crippen molar-refractivity contribution < 1.29 is 0 Å². The molecule has 5 nitrogen and oxygen atoms in total. The number of rotatable bonds is 6. The number of hydrogen-bond donors (Lipinski definition) is 3. The van der Waals surface area contributed by atoms with Gasteiger partial charge in [0, 0.05) is 19.5 Å². The van der Waals surface area contributed by atoms with Crippen LogP contribution in [0.15, 0.2) is 59.6 Å². The van der Waals surface area contributed by atoms with Crippen LogP contribution in [0.3, 0.4) is 0 Å². The lowest BCUT2D eigenvalue weighted by Gasteiger charge is -2.18. The van der Waals surface area contributed by atoms with E-state index >= 15 is 0 Å². The van der Waals surface area contributed by atoms with Crippen molar-refractivity contribution in [2.75, 3.05) is 13.1 Å². The zero-order chi connectivity index (χ0) is 17.5. The molecule has 0 aliphatic carbocycles. The SMILES string of the molecule is CCNC(=NCCc1nc2ccccc2[nH]1)NC(C)c1ccccc1.I. The molecule has 0 saturated heterocycles. The smallest absolute Gasteiger partial charge is 0.191 e. The number of guanidine groups is 1. The van der Waals surface area contributed by atoms with E-state index < -0.39 is 0 Å². The molecule has 1 atom stereocenters. The van der Waals surface area contributed by atoms with E-state index in [1.165, 1.54) is 5.56 Å². The molecule has 6 heteroatoms. The van der Waals surface area contributed by atoms with Gasteiger partial charge < -0.3 is 15.6 Å². The molecular formula is C20H26IN5. The molecule has 0 aliphatic heterocycles. The Balaban J connectivity index is 0.00000243. The molecule has 1 unspecified atom stereocenters. The Morgan fingerprint density at radius 1 is 1.12 bits per heavy atom. The summed E-state index contributed by atoms with van der Waals surface area (Å²) in [5.74, 6) is 1.80. The highest BCUT2D eigenvalue weighted by Gasteiger charge is 2.07. The van der Waals surface area contributed by atoms with Crippen LogP contribution in [0.25, 0.3) is 11.0 Å². The summed E-state index contributed by atoms with van der Waals surface area (Å²) in [6.07, 6.45) is 0.783. The van der Waals surface area contributed by atoms with Gasteiger partial charge in [0.1, 0.15) is 5.82 Å². The number of hydrogen-bond acceptors (Lipinski definition) is 2. The van der Waals surface area contributed by atoms with Crippen molar-refractivity contribution in [1.29, 1.82) is 0 Å². The minimum Gasteiger partial charge on any atom is -0.357 e. The van der Waals surface area contributed by atoms with Crippen LogP contribution >= 0.6 is 24.0 Å². The standard InChI is InChI=1S/C20H25N5.HI/c1-3-21-20(23-15(2)16-9-5-4-6-10-16)22-14-13-19-24-17-11-7-8-12-18(17)25-19;/h4-12,15H,3,13-14H2,1-2H3,(H,24,25)(H2,21,22,23);1H. The van der Waals surface area contributed by atoms with Gasteiger partial charge in [0.05, 0.1) is 17.1 Å². The van der Waals surface area contributed by atoms with Crippen LogP contribution < -0.4 is 10.6 Å². The van der Waals surface area contributed by atoms with E-state index in [4.69, 9.17) is 0 Å². The van der Waals surface area contributed by atoms with E-state index in [9.17, 15) is 0 Å². The topological polar surface area (TPSA) is 65.1 Å². The molecular weight excluding hydrogens is 437 g/mol. The van der Waals surface area contributed by atoms with Gasteiger partial charge in [0.25, 0.3) is 0 Å². The number of benzene rings is 2. The average Bonchev–Trinajstić information content (AvgIpc) is 3.05. The van der Waals surface area contributed by atoms with Gasteiger partial charge in [-0.05, 0) is 31.5 Å². The molecule has 3 rings (SSSR count). The second-order valence-electron chi connectivity index (χ2n) is 5.99. The zero-order valence-electron chi connectivity index (χ0n) is 15.2. The molecule has 3 aromatic rings. The van der Waals surface area contributed by atoms with Gasteiger partial charge >= 0.3 is 0 Å². The highest BCUT2D eigenvalue weighted by Crippen LogP contribution is 2.12. The summed E-state index contributed by atoms with van der Waals surface area (Å²) in [4.78, 5) is 12.6. The first-order chi connectivity index (χ1) is 12.3. The number of para-hydroxylation sites is 2. The summed E-state index contributed by atoms with van der Waals surface area (Å²) < 4.78 is 0. The van der Waals surface area contributed by atoms with E-state index in [1.54, 1.807) is 0 Å². The summed E-state index contributed by atoms with van der Waals surface area (Å²) in [5.41, 5.74) is 3.32. The lowest BCUT2D eigenvalue weighted by Crippen LogP contribution is -2.38. The highest BCUT2D eigenvalue weighted by atomic mass is 127. The van der Waals surface area contributed by atoms with Crippen LogP contribution in [-0.2, 0) is 6.42 Å². The quantitative estimate of drug-likeness (QED) is 0.294. The van der Waals surface area contributed by atoms with Gasteiger partial charge in [0.15, 0.2) is 5.96 Å². The number of aromatic nitrogens is 2. The first-order valence-electron chi connectivity index (χ1n) is 8.79. The normalized spacial score (nSPS) is 12.5. The molecule has 138 valence electrons. The van der Waals surface area contributed by atoms with E-state index in [0.717, 1.165) is 35.8 Å². The number of imidazole rings is 1. The molecule has 0 fully saturated rings. The molecule has 0 radical (unpaired) electrons. The minimum absolute atomic E-state index is 0. The second-order valence-corrected chi connectivity index (χ2v) is 5.99. The van der Waals surface area contributed by atoms with E-state index in [1.807, 2.05) is 30.3 Å². The Morgan fingerprint density at radius 2 is 1.85 bits per heavy atom. The lowest BCUT2D eigenvalue weighted by atomic mass is 10.1. The first-order valence-corrected chi connectivity index (χ1v) is 8.79. The Morgan fingerprint density at radius 3 is 2.58 bits per heavy atom. The van der Waals surface area contributed by atoms with Crippen LogP contribution in [0.1, 0.15) is 31.3 Å². The molecule has 0 bridgehead atoms. The van der Waals surface area contributed by atoms with Crippen molar-refractivity contribution in [2.24, 2.45) is 4.99 Å². The van der Waals surface area contributed by atoms with Crippen LogP contribution in [0.5, 0.6) is 0 Å². The third-order valence-corrected chi connectivity index (χ3v) is 4.05. The summed E-state index contributed by atoms with van der Waals surface area (Å²) in [6, 6.07) is 18.7. The van der Waals surface area contributed by atoms with Crippen molar-refractivity contribution in [2.45, 2.75) is 26.3 Å². The van der Waals surface area contributed by atoms with Gasteiger partial charge in [-0.15, -0.1) is 24.0 Å². The molecule has 0 saturated carbocycles. The van der Waals surface area contributed by atoms with Gasteiger partial charge in [-0.2, -0.15) is 0 Å².